The molecule has 0 bridgehead atoms. The van der Waals surface area contributed by atoms with Gasteiger partial charge >= 0.3 is 0 Å². The summed E-state index contributed by atoms with van der Waals surface area (Å²) in [6.07, 6.45) is 4.77. The van der Waals surface area contributed by atoms with Gasteiger partial charge in [0.15, 0.2) is 0 Å². The Morgan fingerprint density at radius 3 is 2.59 bits per heavy atom. The van der Waals surface area contributed by atoms with Gasteiger partial charge in [-0.3, -0.25) is 10.0 Å². The van der Waals surface area contributed by atoms with E-state index in [-0.39, 0.29) is 11.7 Å². The maximum absolute atomic E-state index is 13.0. The Balaban J connectivity index is 1.75. The molecule has 0 radical (unpaired) electrons. The first-order valence-corrected chi connectivity index (χ1v) is 11.4. The van der Waals surface area contributed by atoms with E-state index in [9.17, 15) is 18.4 Å². The number of benzene rings is 1. The molecule has 150 valence electrons. The van der Waals surface area contributed by atoms with Crippen LogP contribution in [0.1, 0.15) is 62.1 Å². The molecule has 1 unspecified atom stereocenters. The quantitative estimate of drug-likeness (QED) is 0.438. The molecule has 1 saturated carbocycles. The summed E-state index contributed by atoms with van der Waals surface area (Å²) in [7, 11) is -3.57. The summed E-state index contributed by atoms with van der Waals surface area (Å²) >= 11 is 0. The van der Waals surface area contributed by atoms with Crippen LogP contribution < -0.4 is 0 Å². The number of hydrogen-bond acceptors (Lipinski definition) is 4. The van der Waals surface area contributed by atoms with Gasteiger partial charge in [0.1, 0.15) is 0 Å². The lowest BCUT2D eigenvalue weighted by molar-refractivity contribution is -0.162. The number of hydroxylamine groups is 2. The highest BCUT2D eigenvalue weighted by Gasteiger charge is 2.36. The molecule has 27 heavy (non-hydrogen) atoms. The van der Waals surface area contributed by atoms with E-state index in [0.29, 0.717) is 36.9 Å². The van der Waals surface area contributed by atoms with Gasteiger partial charge in [0.05, 0.1) is 11.8 Å². The largest absolute Gasteiger partial charge is 0.286 e. The highest BCUT2D eigenvalue weighted by molar-refractivity contribution is 7.89. The summed E-state index contributed by atoms with van der Waals surface area (Å²) in [6.45, 7) is 5.11. The highest BCUT2D eigenvalue weighted by atomic mass is 32.2. The van der Waals surface area contributed by atoms with Gasteiger partial charge in [0.2, 0.25) is 16.4 Å². The minimum atomic E-state index is -3.57. The first-order valence-electron chi connectivity index (χ1n) is 9.84. The van der Waals surface area contributed by atoms with Gasteiger partial charge < -0.3 is 0 Å². The zero-order chi connectivity index (χ0) is 19.6. The molecule has 1 heterocycles. The lowest BCUT2D eigenvalue weighted by Gasteiger charge is -2.33. The molecule has 0 spiro atoms. The van der Waals surface area contributed by atoms with Gasteiger partial charge in [-0.05, 0) is 47.8 Å². The smallest absolute Gasteiger partial charge is 0.233 e. The number of carbonyl (C=O) groups excluding carboxylic acids is 1. The second-order valence-corrected chi connectivity index (χ2v) is 10.2. The summed E-state index contributed by atoms with van der Waals surface area (Å²) in [5.74, 6) is 0.274. The van der Waals surface area contributed by atoms with Crippen molar-refractivity contribution in [2.24, 2.45) is 5.92 Å². The molecule has 1 N–H and O–H groups in total. The molecule has 7 heteroatoms. The fourth-order valence-corrected chi connectivity index (χ4v) is 6.09. The average molecular weight is 395 g/mol. The van der Waals surface area contributed by atoms with E-state index < -0.39 is 16.1 Å². The van der Waals surface area contributed by atoms with Crippen molar-refractivity contribution in [3.05, 3.63) is 34.9 Å². The van der Waals surface area contributed by atoms with Gasteiger partial charge in [-0.15, -0.1) is 0 Å². The van der Waals surface area contributed by atoms with Crippen molar-refractivity contribution in [2.45, 2.75) is 64.5 Å². The summed E-state index contributed by atoms with van der Waals surface area (Å²) in [6, 6.07) is 5.63. The molecule has 0 saturated heterocycles. The zero-order valence-electron chi connectivity index (χ0n) is 16.2. The second-order valence-electron chi connectivity index (χ2n) is 8.14. The van der Waals surface area contributed by atoms with E-state index in [1.54, 1.807) is 0 Å². The summed E-state index contributed by atoms with van der Waals surface area (Å²) in [5.41, 5.74) is 3.54. The molecule has 2 aliphatic rings. The van der Waals surface area contributed by atoms with Crippen molar-refractivity contribution in [1.82, 2.24) is 9.37 Å². The SMILES string of the molecule is CC(C)c1ccc2c(c1)CCN(S(=O)(=O)CC(C1CCCC1)N(O)C=O)C2. The zero-order valence-corrected chi connectivity index (χ0v) is 17.0. The van der Waals surface area contributed by atoms with Crippen molar-refractivity contribution >= 4 is 16.4 Å². The Hall–Kier alpha value is -1.44. The number of sulfonamides is 1. The molecule has 1 aliphatic carbocycles. The first kappa shape index (κ1) is 20.3. The number of carbonyl (C=O) groups is 1. The third-order valence-corrected chi connectivity index (χ3v) is 7.90. The Bertz CT molecular complexity index is 772. The third-order valence-electron chi connectivity index (χ3n) is 6.04. The average Bonchev–Trinajstić information content (AvgIpc) is 3.19. The molecule has 1 aliphatic heterocycles. The predicted octanol–water partition coefficient (Wildman–Crippen LogP) is 2.90. The first-order chi connectivity index (χ1) is 12.8. The van der Waals surface area contributed by atoms with E-state index >= 15 is 0 Å². The standard InChI is InChI=1S/C20H30N2O4S/c1-15(2)17-7-8-19-12-21(10-9-18(19)11-17)27(25,26)13-20(22(24)14-23)16-5-3-4-6-16/h7-8,11,14-16,20,24H,3-6,9-10,12-13H2,1-2H3. The monoisotopic (exact) mass is 394 g/mol. The van der Waals surface area contributed by atoms with Crippen molar-refractivity contribution in [1.29, 1.82) is 0 Å². The van der Waals surface area contributed by atoms with Crippen LogP contribution in [0.4, 0.5) is 0 Å². The maximum atomic E-state index is 13.0. The van der Waals surface area contributed by atoms with Crippen LogP contribution in [-0.2, 0) is 27.8 Å². The van der Waals surface area contributed by atoms with Crippen LogP contribution in [0.5, 0.6) is 0 Å². The molecule has 1 fully saturated rings. The van der Waals surface area contributed by atoms with Crippen LogP contribution in [0.3, 0.4) is 0 Å². The number of rotatable bonds is 7. The Kier molecular flexibility index (Phi) is 6.23. The van der Waals surface area contributed by atoms with Crippen LogP contribution in [0.25, 0.3) is 0 Å². The molecular weight excluding hydrogens is 364 g/mol. The van der Waals surface area contributed by atoms with Crippen LogP contribution >= 0.6 is 0 Å². The molecule has 1 atom stereocenters. The molecular formula is C20H30N2O4S. The van der Waals surface area contributed by atoms with Gasteiger partial charge in [-0.25, -0.2) is 13.5 Å². The molecule has 1 amide bonds. The Morgan fingerprint density at radius 2 is 1.96 bits per heavy atom. The highest BCUT2D eigenvalue weighted by Crippen LogP contribution is 2.32. The molecule has 1 aromatic carbocycles. The predicted molar refractivity (Wildman–Crippen MR) is 104 cm³/mol. The van der Waals surface area contributed by atoms with E-state index in [2.05, 4.69) is 26.0 Å². The van der Waals surface area contributed by atoms with Gasteiger partial charge in [-0.2, -0.15) is 4.31 Å². The van der Waals surface area contributed by atoms with E-state index in [0.717, 1.165) is 31.2 Å². The molecule has 6 nitrogen and oxygen atoms in total. The van der Waals surface area contributed by atoms with Crippen molar-refractivity contribution in [3.63, 3.8) is 0 Å². The van der Waals surface area contributed by atoms with Gasteiger partial charge in [0.25, 0.3) is 0 Å². The second kappa shape index (κ2) is 8.29. The van der Waals surface area contributed by atoms with Crippen LogP contribution in [0, 0.1) is 5.92 Å². The number of fused-ring (bicyclic) bond motifs is 1. The topological polar surface area (TPSA) is 77.9 Å². The van der Waals surface area contributed by atoms with Crippen LogP contribution in [0.15, 0.2) is 18.2 Å². The van der Waals surface area contributed by atoms with E-state index in [1.807, 2.05) is 6.07 Å². The Labute approximate surface area is 162 Å². The third kappa shape index (κ3) is 4.52. The van der Waals surface area contributed by atoms with Crippen molar-refractivity contribution < 1.29 is 18.4 Å². The van der Waals surface area contributed by atoms with Crippen LogP contribution in [-0.4, -0.2) is 47.7 Å². The molecule has 0 aromatic heterocycles. The summed E-state index contributed by atoms with van der Waals surface area (Å²) in [5, 5.41) is 10.5. The minimum absolute atomic E-state index is 0.0423. The minimum Gasteiger partial charge on any atom is -0.286 e. The van der Waals surface area contributed by atoms with Crippen molar-refractivity contribution in [2.75, 3.05) is 12.3 Å². The fraction of sp³-hybridized carbons (Fsp3) is 0.650. The molecule has 1 aromatic rings. The number of nitrogens with zero attached hydrogens (tertiary/aromatic N) is 2. The Morgan fingerprint density at radius 1 is 1.26 bits per heavy atom. The van der Waals surface area contributed by atoms with E-state index in [1.165, 1.54) is 15.4 Å². The maximum Gasteiger partial charge on any atom is 0.233 e. The lowest BCUT2D eigenvalue weighted by Crippen LogP contribution is -2.47. The van der Waals surface area contributed by atoms with Gasteiger partial charge in [0, 0.05) is 13.1 Å². The van der Waals surface area contributed by atoms with Crippen LogP contribution in [0.2, 0.25) is 0 Å². The lowest BCUT2D eigenvalue weighted by atomic mass is 9.94. The fourth-order valence-electron chi connectivity index (χ4n) is 4.31. The van der Waals surface area contributed by atoms with Gasteiger partial charge in [-0.1, -0.05) is 44.9 Å². The summed E-state index contributed by atoms with van der Waals surface area (Å²) < 4.78 is 27.6. The molecule has 3 rings (SSSR count). The number of hydrogen-bond donors (Lipinski definition) is 1. The normalized spacial score (nSPS) is 19.9. The van der Waals surface area contributed by atoms with E-state index in [4.69, 9.17) is 0 Å². The van der Waals surface area contributed by atoms with Crippen molar-refractivity contribution in [3.8, 4) is 0 Å². The number of amides is 1. The summed E-state index contributed by atoms with van der Waals surface area (Å²) in [4.78, 5) is 11.1.